The van der Waals surface area contributed by atoms with E-state index in [4.69, 9.17) is 5.11 Å². The number of benzene rings is 1. The van der Waals surface area contributed by atoms with Gasteiger partial charge in [0.2, 0.25) is 0 Å². The summed E-state index contributed by atoms with van der Waals surface area (Å²) >= 11 is 3.32. The Bertz CT molecular complexity index is 478. The first-order valence-corrected chi connectivity index (χ1v) is 6.40. The molecule has 6 heteroatoms. The van der Waals surface area contributed by atoms with Crippen molar-refractivity contribution >= 4 is 33.6 Å². The van der Waals surface area contributed by atoms with Crippen molar-refractivity contribution in [1.29, 1.82) is 0 Å². The van der Waals surface area contributed by atoms with Crippen LogP contribution in [-0.2, 0) is 4.79 Å². The quantitative estimate of drug-likeness (QED) is 0.881. The van der Waals surface area contributed by atoms with E-state index in [0.29, 0.717) is 18.7 Å². The number of aliphatic carboxylic acids is 1. The molecule has 2 N–H and O–H groups in total. The number of carboxylic acid groups (broad SMARTS) is 1. The molecule has 0 saturated carbocycles. The minimum absolute atomic E-state index is 0.253. The van der Waals surface area contributed by atoms with Crippen LogP contribution in [0.4, 0.5) is 10.5 Å². The molecule has 1 heterocycles. The molecule has 1 saturated heterocycles. The second-order valence-corrected chi connectivity index (χ2v) is 5.13. The second kappa shape index (κ2) is 5.39. The van der Waals surface area contributed by atoms with E-state index in [2.05, 4.69) is 21.2 Å². The molecule has 1 unspecified atom stereocenters. The molecule has 0 spiro atoms. The summed E-state index contributed by atoms with van der Waals surface area (Å²) in [4.78, 5) is 24.2. The van der Waals surface area contributed by atoms with Gasteiger partial charge in [-0.25, -0.2) is 4.79 Å². The number of rotatable bonds is 2. The fraction of sp³-hybridized carbons (Fsp3) is 0.333. The molecule has 5 nitrogen and oxygen atoms in total. The summed E-state index contributed by atoms with van der Waals surface area (Å²) in [7, 11) is 0. The van der Waals surface area contributed by atoms with Gasteiger partial charge < -0.3 is 15.3 Å². The van der Waals surface area contributed by atoms with Crippen molar-refractivity contribution in [2.45, 2.75) is 6.42 Å². The number of amides is 2. The summed E-state index contributed by atoms with van der Waals surface area (Å²) in [5.41, 5.74) is 0.688. The van der Waals surface area contributed by atoms with Gasteiger partial charge in [0.05, 0.1) is 5.92 Å². The third-order valence-corrected chi connectivity index (χ3v) is 3.39. The molecule has 96 valence electrons. The number of halogens is 1. The maximum atomic E-state index is 11.9. The lowest BCUT2D eigenvalue weighted by Gasteiger charge is -2.16. The van der Waals surface area contributed by atoms with E-state index in [1.54, 1.807) is 12.1 Å². The first kappa shape index (κ1) is 12.9. The molecule has 2 amide bonds. The van der Waals surface area contributed by atoms with E-state index in [0.717, 1.165) is 4.47 Å². The fourth-order valence-corrected chi connectivity index (χ4v) is 2.31. The Kier molecular flexibility index (Phi) is 3.86. The Morgan fingerprint density at radius 1 is 1.44 bits per heavy atom. The van der Waals surface area contributed by atoms with Gasteiger partial charge in [-0.1, -0.05) is 22.0 Å². The average Bonchev–Trinajstić information content (AvgIpc) is 2.78. The van der Waals surface area contributed by atoms with Gasteiger partial charge in [0.25, 0.3) is 0 Å². The molecule has 1 atom stereocenters. The van der Waals surface area contributed by atoms with Gasteiger partial charge in [-0.2, -0.15) is 0 Å². The zero-order valence-electron chi connectivity index (χ0n) is 9.60. The van der Waals surface area contributed by atoms with E-state index in [9.17, 15) is 9.59 Å². The molecule has 1 aromatic carbocycles. The molecular weight excluding hydrogens is 300 g/mol. The normalized spacial score (nSPS) is 18.7. The lowest BCUT2D eigenvalue weighted by Crippen LogP contribution is -2.33. The van der Waals surface area contributed by atoms with Crippen LogP contribution in [0, 0.1) is 5.92 Å². The van der Waals surface area contributed by atoms with Gasteiger partial charge in [0, 0.05) is 23.2 Å². The van der Waals surface area contributed by atoms with Crippen LogP contribution in [0.2, 0.25) is 0 Å². The van der Waals surface area contributed by atoms with Crippen LogP contribution >= 0.6 is 15.9 Å². The molecule has 1 aliphatic heterocycles. The highest BCUT2D eigenvalue weighted by Gasteiger charge is 2.30. The molecular formula is C12H13BrN2O3. The van der Waals surface area contributed by atoms with Crippen molar-refractivity contribution in [2.24, 2.45) is 5.92 Å². The molecule has 0 radical (unpaired) electrons. The minimum atomic E-state index is -0.840. The van der Waals surface area contributed by atoms with Crippen molar-refractivity contribution in [2.75, 3.05) is 18.4 Å². The lowest BCUT2D eigenvalue weighted by molar-refractivity contribution is -0.141. The Balaban J connectivity index is 1.95. The van der Waals surface area contributed by atoms with Crippen molar-refractivity contribution in [3.05, 3.63) is 28.7 Å². The molecule has 1 aliphatic rings. The van der Waals surface area contributed by atoms with Crippen LogP contribution < -0.4 is 5.32 Å². The number of hydrogen-bond donors (Lipinski definition) is 2. The summed E-state index contributed by atoms with van der Waals surface area (Å²) in [6.07, 6.45) is 0.515. The predicted molar refractivity (Wildman–Crippen MR) is 70.5 cm³/mol. The average molecular weight is 313 g/mol. The topological polar surface area (TPSA) is 69.6 Å². The molecule has 1 fully saturated rings. The highest BCUT2D eigenvalue weighted by Crippen LogP contribution is 2.19. The van der Waals surface area contributed by atoms with Crippen LogP contribution in [0.5, 0.6) is 0 Å². The van der Waals surface area contributed by atoms with Gasteiger partial charge in [0.1, 0.15) is 0 Å². The van der Waals surface area contributed by atoms with E-state index in [-0.39, 0.29) is 12.6 Å². The number of anilines is 1. The largest absolute Gasteiger partial charge is 0.481 e. The molecule has 18 heavy (non-hydrogen) atoms. The maximum absolute atomic E-state index is 11.9. The number of hydrogen-bond acceptors (Lipinski definition) is 2. The SMILES string of the molecule is O=C(O)C1CCN(C(=O)Nc2cccc(Br)c2)C1. The number of nitrogens with zero attached hydrogens (tertiary/aromatic N) is 1. The van der Waals surface area contributed by atoms with E-state index in [1.807, 2.05) is 12.1 Å². The van der Waals surface area contributed by atoms with Crippen LogP contribution in [0.3, 0.4) is 0 Å². The third-order valence-electron chi connectivity index (χ3n) is 2.90. The fourth-order valence-electron chi connectivity index (χ4n) is 1.92. The van der Waals surface area contributed by atoms with Gasteiger partial charge >= 0.3 is 12.0 Å². The lowest BCUT2D eigenvalue weighted by atomic mass is 10.1. The summed E-state index contributed by atoms with van der Waals surface area (Å²) in [6.45, 7) is 0.756. The molecule has 0 aliphatic carbocycles. The Morgan fingerprint density at radius 2 is 2.22 bits per heavy atom. The zero-order valence-corrected chi connectivity index (χ0v) is 11.2. The Labute approximate surface area is 113 Å². The molecule has 2 rings (SSSR count). The molecule has 1 aromatic rings. The van der Waals surface area contributed by atoms with E-state index >= 15 is 0 Å². The first-order valence-electron chi connectivity index (χ1n) is 5.60. The minimum Gasteiger partial charge on any atom is -0.481 e. The van der Waals surface area contributed by atoms with Crippen molar-refractivity contribution < 1.29 is 14.7 Å². The monoisotopic (exact) mass is 312 g/mol. The van der Waals surface area contributed by atoms with E-state index < -0.39 is 11.9 Å². The van der Waals surface area contributed by atoms with Crippen molar-refractivity contribution in [1.82, 2.24) is 4.90 Å². The molecule has 0 aromatic heterocycles. The van der Waals surface area contributed by atoms with Gasteiger partial charge in [-0.3, -0.25) is 4.79 Å². The molecule has 0 bridgehead atoms. The number of nitrogens with one attached hydrogen (secondary N) is 1. The summed E-state index contributed by atoms with van der Waals surface area (Å²) in [5, 5.41) is 11.6. The van der Waals surface area contributed by atoms with Gasteiger partial charge in [-0.15, -0.1) is 0 Å². The Morgan fingerprint density at radius 3 is 2.83 bits per heavy atom. The number of urea groups is 1. The number of carboxylic acids is 1. The maximum Gasteiger partial charge on any atom is 0.321 e. The van der Waals surface area contributed by atoms with Gasteiger partial charge in [-0.05, 0) is 24.6 Å². The second-order valence-electron chi connectivity index (χ2n) is 4.21. The summed E-state index contributed by atoms with van der Waals surface area (Å²) in [6, 6.07) is 7.02. The van der Waals surface area contributed by atoms with Crippen LogP contribution in [0.15, 0.2) is 28.7 Å². The number of likely N-dealkylation sites (tertiary alicyclic amines) is 1. The number of carbonyl (C=O) groups is 2. The van der Waals surface area contributed by atoms with Crippen LogP contribution in [-0.4, -0.2) is 35.1 Å². The standard InChI is InChI=1S/C12H13BrN2O3/c13-9-2-1-3-10(6-9)14-12(18)15-5-4-8(7-15)11(16)17/h1-3,6,8H,4-5,7H2,(H,14,18)(H,16,17). The number of carbonyl (C=O) groups excluding carboxylic acids is 1. The van der Waals surface area contributed by atoms with E-state index in [1.165, 1.54) is 4.90 Å². The van der Waals surface area contributed by atoms with Crippen LogP contribution in [0.25, 0.3) is 0 Å². The predicted octanol–water partition coefficient (Wildman–Crippen LogP) is 2.39. The highest BCUT2D eigenvalue weighted by molar-refractivity contribution is 9.10. The summed E-state index contributed by atoms with van der Waals surface area (Å²) < 4.78 is 0.880. The zero-order chi connectivity index (χ0) is 13.1. The highest BCUT2D eigenvalue weighted by atomic mass is 79.9. The summed E-state index contributed by atoms with van der Waals surface area (Å²) in [5.74, 6) is -1.29. The van der Waals surface area contributed by atoms with Crippen molar-refractivity contribution in [3.63, 3.8) is 0 Å². The van der Waals surface area contributed by atoms with Crippen molar-refractivity contribution in [3.8, 4) is 0 Å². The van der Waals surface area contributed by atoms with Gasteiger partial charge in [0.15, 0.2) is 0 Å². The smallest absolute Gasteiger partial charge is 0.321 e. The first-order chi connectivity index (χ1) is 8.56. The van der Waals surface area contributed by atoms with Crippen LogP contribution in [0.1, 0.15) is 6.42 Å². The third kappa shape index (κ3) is 3.01. The Hall–Kier alpha value is -1.56.